The summed E-state index contributed by atoms with van der Waals surface area (Å²) in [5, 5.41) is 18.6. The molecule has 0 aromatic heterocycles. The van der Waals surface area contributed by atoms with Crippen LogP contribution in [0.4, 0.5) is 0 Å². The summed E-state index contributed by atoms with van der Waals surface area (Å²) in [6.07, 6.45) is 2.55. The predicted octanol–water partition coefficient (Wildman–Crippen LogP) is 2.42. The highest BCUT2D eigenvalue weighted by Crippen LogP contribution is 2.22. The minimum atomic E-state index is -3.29. The van der Waals surface area contributed by atoms with E-state index in [9.17, 15) is 23.4 Å². The first-order valence-corrected chi connectivity index (χ1v) is 8.21. The van der Waals surface area contributed by atoms with E-state index in [1.54, 1.807) is 12.1 Å². The first kappa shape index (κ1) is 15.8. The standard InChI is InChI=1S/C16H14O5S/c1-22(20,21)14-8-2-11(3-9-14)10-15(16(18)19)12-4-6-13(17)7-5-12/h2-10,17H,1H3,(H,18,19)/b15-10+. The maximum atomic E-state index is 11.4. The van der Waals surface area contributed by atoms with Gasteiger partial charge in [0, 0.05) is 6.26 Å². The van der Waals surface area contributed by atoms with Crippen LogP contribution in [0.1, 0.15) is 11.1 Å². The summed E-state index contributed by atoms with van der Waals surface area (Å²) in [7, 11) is -3.29. The number of benzene rings is 2. The second kappa shape index (κ2) is 6.03. The van der Waals surface area contributed by atoms with Crippen molar-refractivity contribution in [2.24, 2.45) is 0 Å². The Balaban J connectivity index is 2.43. The van der Waals surface area contributed by atoms with Crippen molar-refractivity contribution in [2.75, 3.05) is 6.26 Å². The molecule has 2 N–H and O–H groups in total. The summed E-state index contributed by atoms with van der Waals surface area (Å²) in [5.74, 6) is -1.07. The summed E-state index contributed by atoms with van der Waals surface area (Å²) < 4.78 is 22.8. The van der Waals surface area contributed by atoms with Gasteiger partial charge in [-0.15, -0.1) is 0 Å². The Morgan fingerprint density at radius 3 is 2.00 bits per heavy atom. The van der Waals surface area contributed by atoms with Crippen LogP contribution in [0.25, 0.3) is 11.6 Å². The van der Waals surface area contributed by atoms with Gasteiger partial charge in [0.25, 0.3) is 0 Å². The lowest BCUT2D eigenvalue weighted by atomic mass is 10.0. The van der Waals surface area contributed by atoms with Crippen LogP contribution >= 0.6 is 0 Å². The van der Waals surface area contributed by atoms with Gasteiger partial charge in [-0.05, 0) is 41.5 Å². The van der Waals surface area contributed by atoms with Gasteiger partial charge in [-0.25, -0.2) is 13.2 Å². The Hall–Kier alpha value is -2.60. The minimum absolute atomic E-state index is 0.0472. The van der Waals surface area contributed by atoms with Crippen molar-refractivity contribution in [1.29, 1.82) is 0 Å². The quantitative estimate of drug-likeness (QED) is 0.667. The third-order valence-corrected chi connectivity index (χ3v) is 4.16. The highest BCUT2D eigenvalue weighted by Gasteiger charge is 2.11. The molecule has 2 aromatic carbocycles. The molecule has 0 aliphatic rings. The van der Waals surface area contributed by atoms with E-state index in [0.29, 0.717) is 11.1 Å². The molecule has 0 spiro atoms. The first-order chi connectivity index (χ1) is 10.3. The molecule has 0 heterocycles. The number of carboxylic acids is 1. The number of sulfone groups is 1. The Kier molecular flexibility index (Phi) is 4.32. The molecule has 0 saturated carbocycles. The number of carbonyl (C=O) groups is 1. The van der Waals surface area contributed by atoms with E-state index >= 15 is 0 Å². The Labute approximate surface area is 128 Å². The lowest BCUT2D eigenvalue weighted by molar-refractivity contribution is -0.130. The molecule has 0 amide bonds. The molecule has 0 bridgehead atoms. The predicted molar refractivity (Wildman–Crippen MR) is 83.2 cm³/mol. The second-order valence-corrected chi connectivity index (χ2v) is 6.77. The molecule has 2 aromatic rings. The average Bonchev–Trinajstić information content (AvgIpc) is 2.45. The summed E-state index contributed by atoms with van der Waals surface area (Å²) in [5.41, 5.74) is 1.06. The molecule has 2 rings (SSSR count). The van der Waals surface area contributed by atoms with E-state index in [0.717, 1.165) is 6.26 Å². The molecule has 0 radical (unpaired) electrons. The number of hydrogen-bond acceptors (Lipinski definition) is 4. The molecule has 22 heavy (non-hydrogen) atoms. The number of phenols is 1. The van der Waals surface area contributed by atoms with Crippen LogP contribution in [-0.4, -0.2) is 30.9 Å². The number of hydrogen-bond donors (Lipinski definition) is 2. The van der Waals surface area contributed by atoms with E-state index in [4.69, 9.17) is 0 Å². The number of aromatic hydroxyl groups is 1. The van der Waals surface area contributed by atoms with Crippen LogP contribution in [-0.2, 0) is 14.6 Å². The number of phenolic OH excluding ortho intramolecular Hbond substituents is 1. The Morgan fingerprint density at radius 2 is 1.55 bits per heavy atom. The highest BCUT2D eigenvalue weighted by molar-refractivity contribution is 7.90. The summed E-state index contributed by atoms with van der Waals surface area (Å²) in [6, 6.07) is 11.7. The first-order valence-electron chi connectivity index (χ1n) is 6.32. The second-order valence-electron chi connectivity index (χ2n) is 4.75. The number of carboxylic acid groups (broad SMARTS) is 1. The van der Waals surface area contributed by atoms with Gasteiger partial charge in [-0.2, -0.15) is 0 Å². The van der Waals surface area contributed by atoms with Crippen molar-refractivity contribution in [3.8, 4) is 5.75 Å². The van der Waals surface area contributed by atoms with E-state index in [2.05, 4.69) is 0 Å². The van der Waals surface area contributed by atoms with Gasteiger partial charge >= 0.3 is 5.97 Å². The SMILES string of the molecule is CS(=O)(=O)c1ccc(/C=C(/C(=O)O)c2ccc(O)cc2)cc1. The van der Waals surface area contributed by atoms with Crippen LogP contribution in [0.15, 0.2) is 53.4 Å². The maximum Gasteiger partial charge on any atom is 0.336 e. The smallest absolute Gasteiger partial charge is 0.336 e. The van der Waals surface area contributed by atoms with E-state index in [1.165, 1.54) is 42.5 Å². The number of rotatable bonds is 4. The zero-order chi connectivity index (χ0) is 16.3. The van der Waals surface area contributed by atoms with Crippen molar-refractivity contribution < 1.29 is 23.4 Å². The monoisotopic (exact) mass is 318 g/mol. The van der Waals surface area contributed by atoms with Crippen molar-refractivity contribution in [3.05, 3.63) is 59.7 Å². The molecule has 0 fully saturated rings. The summed E-state index contributed by atoms with van der Waals surface area (Å²) in [4.78, 5) is 11.6. The molecule has 0 unspecified atom stereocenters. The molecular formula is C16H14O5S. The van der Waals surface area contributed by atoms with Crippen molar-refractivity contribution >= 4 is 27.5 Å². The van der Waals surface area contributed by atoms with Gasteiger partial charge in [0.1, 0.15) is 5.75 Å². The third kappa shape index (κ3) is 3.73. The fourth-order valence-corrected chi connectivity index (χ4v) is 2.52. The van der Waals surface area contributed by atoms with Crippen molar-refractivity contribution in [3.63, 3.8) is 0 Å². The van der Waals surface area contributed by atoms with Crippen LogP contribution in [0.2, 0.25) is 0 Å². The zero-order valence-corrected chi connectivity index (χ0v) is 12.5. The van der Waals surface area contributed by atoms with Gasteiger partial charge in [-0.1, -0.05) is 24.3 Å². The zero-order valence-electron chi connectivity index (χ0n) is 11.7. The molecule has 0 saturated heterocycles. The molecule has 0 aliphatic heterocycles. The van der Waals surface area contributed by atoms with Gasteiger partial charge in [0.05, 0.1) is 10.5 Å². The minimum Gasteiger partial charge on any atom is -0.508 e. The molecule has 5 nitrogen and oxygen atoms in total. The average molecular weight is 318 g/mol. The van der Waals surface area contributed by atoms with Crippen LogP contribution in [0.3, 0.4) is 0 Å². The maximum absolute atomic E-state index is 11.4. The Morgan fingerprint density at radius 1 is 1.00 bits per heavy atom. The molecule has 114 valence electrons. The van der Waals surface area contributed by atoms with Gasteiger partial charge < -0.3 is 10.2 Å². The van der Waals surface area contributed by atoms with Gasteiger partial charge in [0.2, 0.25) is 0 Å². The van der Waals surface area contributed by atoms with Gasteiger partial charge in [0.15, 0.2) is 9.84 Å². The topological polar surface area (TPSA) is 91.7 Å². The lowest BCUT2D eigenvalue weighted by Crippen LogP contribution is -2.00. The van der Waals surface area contributed by atoms with Crippen LogP contribution in [0, 0.1) is 0 Å². The van der Waals surface area contributed by atoms with E-state index in [1.807, 2.05) is 0 Å². The third-order valence-electron chi connectivity index (χ3n) is 3.03. The largest absolute Gasteiger partial charge is 0.508 e. The Bertz CT molecular complexity index is 816. The van der Waals surface area contributed by atoms with Crippen molar-refractivity contribution in [1.82, 2.24) is 0 Å². The molecule has 0 aliphatic carbocycles. The number of aliphatic carboxylic acids is 1. The van der Waals surface area contributed by atoms with Crippen LogP contribution < -0.4 is 0 Å². The summed E-state index contributed by atoms with van der Waals surface area (Å²) >= 11 is 0. The summed E-state index contributed by atoms with van der Waals surface area (Å²) in [6.45, 7) is 0. The normalized spacial score (nSPS) is 12.1. The molecule has 0 atom stereocenters. The lowest BCUT2D eigenvalue weighted by Gasteiger charge is -2.04. The van der Waals surface area contributed by atoms with Crippen LogP contribution in [0.5, 0.6) is 5.75 Å². The fraction of sp³-hybridized carbons (Fsp3) is 0.0625. The fourth-order valence-electron chi connectivity index (χ4n) is 1.89. The van der Waals surface area contributed by atoms with Gasteiger partial charge in [-0.3, -0.25) is 0 Å². The van der Waals surface area contributed by atoms with Crippen molar-refractivity contribution in [2.45, 2.75) is 4.90 Å². The van der Waals surface area contributed by atoms with E-state index in [-0.39, 0.29) is 16.2 Å². The molecular weight excluding hydrogens is 304 g/mol. The highest BCUT2D eigenvalue weighted by atomic mass is 32.2. The van der Waals surface area contributed by atoms with E-state index < -0.39 is 15.8 Å². The molecule has 6 heteroatoms.